The van der Waals surface area contributed by atoms with Crippen molar-refractivity contribution in [2.24, 2.45) is 0 Å². The summed E-state index contributed by atoms with van der Waals surface area (Å²) in [6.07, 6.45) is 3.34. The van der Waals surface area contributed by atoms with Crippen molar-refractivity contribution in [1.82, 2.24) is 4.90 Å². The first-order chi connectivity index (χ1) is 14.8. The van der Waals surface area contributed by atoms with Crippen molar-refractivity contribution < 1.29 is 23.5 Å². The number of carbonyl (C=O) groups is 2. The highest BCUT2D eigenvalue weighted by Gasteiger charge is 2.41. The predicted octanol–water partition coefficient (Wildman–Crippen LogP) is 4.61. The van der Waals surface area contributed by atoms with Crippen LogP contribution in [0.2, 0.25) is 5.02 Å². The fraction of sp³-hybridized carbons (Fsp3) is 0.333. The van der Waals surface area contributed by atoms with Crippen LogP contribution in [0.25, 0.3) is 11.1 Å². The van der Waals surface area contributed by atoms with Crippen LogP contribution in [0.4, 0.5) is 4.39 Å². The molecule has 1 saturated heterocycles. The topological polar surface area (TPSA) is 55.8 Å². The van der Waals surface area contributed by atoms with E-state index in [-0.39, 0.29) is 25.1 Å². The average molecular weight is 444 g/mol. The molecule has 1 unspecified atom stereocenters. The Morgan fingerprint density at radius 2 is 1.97 bits per heavy atom. The van der Waals surface area contributed by atoms with E-state index in [1.807, 2.05) is 24.3 Å². The first kappa shape index (κ1) is 21.4. The Morgan fingerprint density at radius 1 is 1.26 bits per heavy atom. The van der Waals surface area contributed by atoms with Gasteiger partial charge in [0.2, 0.25) is 0 Å². The Morgan fingerprint density at radius 3 is 2.61 bits per heavy atom. The fourth-order valence-corrected chi connectivity index (χ4v) is 4.16. The molecule has 2 aliphatic rings. The summed E-state index contributed by atoms with van der Waals surface area (Å²) in [6.45, 7) is 3.82. The molecule has 0 aromatic heterocycles. The molecule has 0 spiro atoms. The summed E-state index contributed by atoms with van der Waals surface area (Å²) in [5, 5.41) is 0.488. The Balaban J connectivity index is 1.47. The van der Waals surface area contributed by atoms with Crippen LogP contribution in [0.15, 0.2) is 48.6 Å². The van der Waals surface area contributed by atoms with Crippen LogP contribution in [0.1, 0.15) is 29.8 Å². The molecule has 0 radical (unpaired) electrons. The lowest BCUT2D eigenvalue weighted by Crippen LogP contribution is -2.59. The summed E-state index contributed by atoms with van der Waals surface area (Å²) >= 11 is 6.44. The SMILES string of the molecule is CCOC(=O)/C=C/C1Cc2cc(-c3ccc(C(=O)N4CC(C)(F)C4)cc3)cc(Cl)c2O1. The van der Waals surface area contributed by atoms with E-state index < -0.39 is 11.6 Å². The van der Waals surface area contributed by atoms with Crippen LogP contribution in [0.5, 0.6) is 5.75 Å². The molecule has 0 aliphatic carbocycles. The molecule has 1 amide bonds. The maximum absolute atomic E-state index is 13.7. The molecule has 2 aromatic rings. The summed E-state index contributed by atoms with van der Waals surface area (Å²) in [5.41, 5.74) is 2.00. The van der Waals surface area contributed by atoms with Crippen LogP contribution in [0.3, 0.4) is 0 Å². The largest absolute Gasteiger partial charge is 0.484 e. The van der Waals surface area contributed by atoms with Gasteiger partial charge in [0.05, 0.1) is 24.7 Å². The van der Waals surface area contributed by atoms with Crippen LogP contribution in [-0.4, -0.2) is 48.2 Å². The third-order valence-electron chi connectivity index (χ3n) is 5.34. The zero-order valence-corrected chi connectivity index (χ0v) is 18.1. The predicted molar refractivity (Wildman–Crippen MR) is 116 cm³/mol. The summed E-state index contributed by atoms with van der Waals surface area (Å²) < 4.78 is 24.4. The molecule has 0 bridgehead atoms. The van der Waals surface area contributed by atoms with Crippen molar-refractivity contribution in [2.75, 3.05) is 19.7 Å². The Labute approximate surface area is 185 Å². The number of ether oxygens (including phenoxy) is 2. The van der Waals surface area contributed by atoms with E-state index in [1.165, 1.54) is 17.9 Å². The number of amides is 1. The summed E-state index contributed by atoms with van der Waals surface area (Å²) in [7, 11) is 0. The Bertz CT molecular complexity index is 1040. The number of esters is 1. The van der Waals surface area contributed by atoms with E-state index in [0.29, 0.717) is 29.4 Å². The van der Waals surface area contributed by atoms with Crippen LogP contribution < -0.4 is 4.74 Å². The highest BCUT2D eigenvalue weighted by atomic mass is 35.5. The standard InChI is InChI=1S/C24H23ClFNO4/c1-3-30-21(28)9-8-19-11-18-10-17(12-20(25)22(18)31-19)15-4-6-16(7-5-15)23(29)27-13-24(2,26)14-27/h4-10,12,19H,3,11,13-14H2,1-2H3/b9-8+. The molecule has 2 aromatic carbocycles. The number of hydrogen-bond acceptors (Lipinski definition) is 4. The zero-order chi connectivity index (χ0) is 22.2. The third-order valence-corrected chi connectivity index (χ3v) is 5.62. The molecular weight excluding hydrogens is 421 g/mol. The number of rotatable bonds is 5. The van der Waals surface area contributed by atoms with E-state index in [0.717, 1.165) is 16.7 Å². The molecule has 0 N–H and O–H groups in total. The van der Waals surface area contributed by atoms with Gasteiger partial charge < -0.3 is 14.4 Å². The number of hydrogen-bond donors (Lipinski definition) is 0. The molecule has 1 fully saturated rings. The van der Waals surface area contributed by atoms with Crippen molar-refractivity contribution in [3.63, 3.8) is 0 Å². The van der Waals surface area contributed by atoms with Gasteiger partial charge >= 0.3 is 5.97 Å². The minimum Gasteiger partial charge on any atom is -0.484 e. The molecule has 7 heteroatoms. The molecule has 1 atom stereocenters. The van der Waals surface area contributed by atoms with Gasteiger partial charge in [0.25, 0.3) is 5.91 Å². The monoisotopic (exact) mass is 443 g/mol. The minimum absolute atomic E-state index is 0.125. The van der Waals surface area contributed by atoms with Gasteiger partial charge in [-0.1, -0.05) is 23.7 Å². The normalized spacial score (nSPS) is 19.0. The smallest absolute Gasteiger partial charge is 0.330 e. The molecule has 31 heavy (non-hydrogen) atoms. The second kappa shape index (κ2) is 8.35. The number of likely N-dealkylation sites (tertiary alicyclic amines) is 1. The van der Waals surface area contributed by atoms with E-state index in [9.17, 15) is 14.0 Å². The fourth-order valence-electron chi connectivity index (χ4n) is 3.88. The van der Waals surface area contributed by atoms with Gasteiger partial charge in [0.15, 0.2) is 0 Å². The molecule has 2 aliphatic heterocycles. The number of halogens is 2. The summed E-state index contributed by atoms with van der Waals surface area (Å²) in [6, 6.07) is 11.0. The van der Waals surface area contributed by atoms with Gasteiger partial charge in [0.1, 0.15) is 17.5 Å². The van der Waals surface area contributed by atoms with Crippen LogP contribution in [-0.2, 0) is 16.0 Å². The maximum atomic E-state index is 13.7. The summed E-state index contributed by atoms with van der Waals surface area (Å²) in [4.78, 5) is 25.5. The Hall–Kier alpha value is -2.86. The second-order valence-electron chi connectivity index (χ2n) is 8.07. The number of fused-ring (bicyclic) bond motifs is 1. The van der Waals surface area contributed by atoms with Crippen molar-refractivity contribution >= 4 is 23.5 Å². The van der Waals surface area contributed by atoms with E-state index in [1.54, 1.807) is 25.1 Å². The molecule has 4 rings (SSSR count). The molecule has 162 valence electrons. The number of carbonyl (C=O) groups excluding carboxylic acids is 2. The Kier molecular flexibility index (Phi) is 5.75. The van der Waals surface area contributed by atoms with Gasteiger partial charge in [-0.15, -0.1) is 0 Å². The van der Waals surface area contributed by atoms with Crippen molar-refractivity contribution in [3.05, 3.63) is 64.7 Å². The number of alkyl halides is 1. The lowest BCUT2D eigenvalue weighted by Gasteiger charge is -2.42. The molecule has 0 saturated carbocycles. The van der Waals surface area contributed by atoms with Crippen molar-refractivity contribution in [1.29, 1.82) is 0 Å². The molecule has 2 heterocycles. The minimum atomic E-state index is -1.29. The lowest BCUT2D eigenvalue weighted by molar-refractivity contribution is -0.137. The number of benzene rings is 2. The van der Waals surface area contributed by atoms with E-state index >= 15 is 0 Å². The zero-order valence-electron chi connectivity index (χ0n) is 17.4. The highest BCUT2D eigenvalue weighted by Crippen LogP contribution is 2.40. The van der Waals surface area contributed by atoms with Gasteiger partial charge in [-0.3, -0.25) is 4.79 Å². The van der Waals surface area contributed by atoms with Crippen LogP contribution >= 0.6 is 11.6 Å². The lowest BCUT2D eigenvalue weighted by atomic mass is 9.96. The quantitative estimate of drug-likeness (QED) is 0.500. The molecular formula is C24H23ClFNO4. The summed E-state index contributed by atoms with van der Waals surface area (Å²) in [5.74, 6) is 0.0407. The number of nitrogens with zero attached hydrogens (tertiary/aromatic N) is 1. The van der Waals surface area contributed by atoms with E-state index in [2.05, 4.69) is 0 Å². The van der Waals surface area contributed by atoms with E-state index in [4.69, 9.17) is 21.1 Å². The van der Waals surface area contributed by atoms with Crippen LogP contribution in [0, 0.1) is 0 Å². The first-order valence-corrected chi connectivity index (χ1v) is 10.6. The maximum Gasteiger partial charge on any atom is 0.330 e. The molecule has 5 nitrogen and oxygen atoms in total. The third kappa shape index (κ3) is 4.59. The van der Waals surface area contributed by atoms with Gasteiger partial charge in [0, 0.05) is 23.6 Å². The first-order valence-electron chi connectivity index (χ1n) is 10.2. The average Bonchev–Trinajstić information content (AvgIpc) is 3.14. The van der Waals surface area contributed by atoms with Crippen molar-refractivity contribution in [2.45, 2.75) is 32.0 Å². The highest BCUT2D eigenvalue weighted by molar-refractivity contribution is 6.32. The van der Waals surface area contributed by atoms with Crippen molar-refractivity contribution in [3.8, 4) is 16.9 Å². The van der Waals surface area contributed by atoms with Gasteiger partial charge in [-0.05, 0) is 55.3 Å². The van der Waals surface area contributed by atoms with Gasteiger partial charge in [-0.2, -0.15) is 0 Å². The van der Waals surface area contributed by atoms with Gasteiger partial charge in [-0.25, -0.2) is 9.18 Å². The second-order valence-corrected chi connectivity index (χ2v) is 8.48.